The first kappa shape index (κ1) is 22.4. The standard InChI is InChI=1S/C21H25ClN2O5/c1-3-10-29-19-17(22)12-15(13-18(19)28-2)21(27)24-9-5-8-23-20(26)14-6-4-7-16(25)11-14/h4,6-7,11-13,25H,3,5,8-10H2,1-2H3,(H,23,26)(H,24,27). The van der Waals surface area contributed by atoms with Gasteiger partial charge in [-0.25, -0.2) is 0 Å². The van der Waals surface area contributed by atoms with Crippen LogP contribution in [0.3, 0.4) is 0 Å². The number of ether oxygens (including phenoxy) is 2. The molecule has 0 aliphatic heterocycles. The summed E-state index contributed by atoms with van der Waals surface area (Å²) < 4.78 is 10.9. The summed E-state index contributed by atoms with van der Waals surface area (Å²) in [7, 11) is 1.49. The van der Waals surface area contributed by atoms with E-state index in [2.05, 4.69) is 10.6 Å². The van der Waals surface area contributed by atoms with Crippen molar-refractivity contribution in [2.75, 3.05) is 26.8 Å². The normalized spacial score (nSPS) is 10.3. The van der Waals surface area contributed by atoms with Gasteiger partial charge in [-0.15, -0.1) is 0 Å². The molecule has 2 rings (SSSR count). The summed E-state index contributed by atoms with van der Waals surface area (Å²) in [6.07, 6.45) is 1.36. The molecule has 2 amide bonds. The van der Waals surface area contributed by atoms with Crippen molar-refractivity contribution in [1.29, 1.82) is 0 Å². The maximum absolute atomic E-state index is 12.4. The van der Waals surface area contributed by atoms with Gasteiger partial charge in [0, 0.05) is 24.2 Å². The summed E-state index contributed by atoms with van der Waals surface area (Å²) in [5.74, 6) is 0.264. The van der Waals surface area contributed by atoms with Gasteiger partial charge in [0.25, 0.3) is 11.8 Å². The highest BCUT2D eigenvalue weighted by atomic mass is 35.5. The molecule has 2 aromatic carbocycles. The lowest BCUT2D eigenvalue weighted by molar-refractivity contribution is 0.0951. The van der Waals surface area contributed by atoms with E-state index in [0.717, 1.165) is 6.42 Å². The zero-order valence-electron chi connectivity index (χ0n) is 16.5. The Bertz CT molecular complexity index is 857. The molecule has 0 atom stereocenters. The zero-order valence-corrected chi connectivity index (χ0v) is 17.2. The SMILES string of the molecule is CCCOc1c(Cl)cc(C(=O)NCCCNC(=O)c2cccc(O)c2)cc1OC. The van der Waals surface area contributed by atoms with Gasteiger partial charge >= 0.3 is 0 Å². The summed E-state index contributed by atoms with van der Waals surface area (Å²) in [6.45, 7) is 3.22. The van der Waals surface area contributed by atoms with Gasteiger partial charge in [0.1, 0.15) is 5.75 Å². The first-order valence-electron chi connectivity index (χ1n) is 9.32. The number of hydrogen-bond donors (Lipinski definition) is 3. The van der Waals surface area contributed by atoms with Crippen molar-refractivity contribution in [3.8, 4) is 17.2 Å². The minimum Gasteiger partial charge on any atom is -0.508 e. The van der Waals surface area contributed by atoms with Crippen LogP contribution < -0.4 is 20.1 Å². The van der Waals surface area contributed by atoms with Crippen molar-refractivity contribution in [2.24, 2.45) is 0 Å². The van der Waals surface area contributed by atoms with Crippen LogP contribution in [0.15, 0.2) is 36.4 Å². The summed E-state index contributed by atoms with van der Waals surface area (Å²) in [5.41, 5.74) is 0.737. The lowest BCUT2D eigenvalue weighted by Crippen LogP contribution is -2.29. The molecule has 156 valence electrons. The number of halogens is 1. The van der Waals surface area contributed by atoms with Crippen LogP contribution in [0.4, 0.5) is 0 Å². The van der Waals surface area contributed by atoms with Crippen LogP contribution in [0.25, 0.3) is 0 Å². The van der Waals surface area contributed by atoms with Crippen molar-refractivity contribution < 1.29 is 24.2 Å². The van der Waals surface area contributed by atoms with Gasteiger partial charge in [-0.05, 0) is 43.2 Å². The Morgan fingerprint density at radius 2 is 1.76 bits per heavy atom. The van der Waals surface area contributed by atoms with E-state index in [1.807, 2.05) is 6.92 Å². The van der Waals surface area contributed by atoms with Gasteiger partial charge in [-0.3, -0.25) is 9.59 Å². The van der Waals surface area contributed by atoms with Gasteiger partial charge in [0.2, 0.25) is 0 Å². The van der Waals surface area contributed by atoms with Gasteiger partial charge < -0.3 is 25.2 Å². The van der Waals surface area contributed by atoms with E-state index in [9.17, 15) is 14.7 Å². The fraction of sp³-hybridized carbons (Fsp3) is 0.333. The third-order valence-corrected chi connectivity index (χ3v) is 4.26. The van der Waals surface area contributed by atoms with Gasteiger partial charge in [0.15, 0.2) is 11.5 Å². The van der Waals surface area contributed by atoms with Crippen LogP contribution in [-0.2, 0) is 0 Å². The molecule has 8 heteroatoms. The number of hydrogen-bond acceptors (Lipinski definition) is 5. The quantitative estimate of drug-likeness (QED) is 0.512. The fourth-order valence-corrected chi connectivity index (χ4v) is 2.80. The van der Waals surface area contributed by atoms with Crippen LogP contribution in [0.1, 0.15) is 40.5 Å². The van der Waals surface area contributed by atoms with Crippen molar-refractivity contribution in [3.05, 3.63) is 52.5 Å². The van der Waals surface area contributed by atoms with Crippen LogP contribution in [0.2, 0.25) is 5.02 Å². The molecular formula is C21H25ClN2O5. The number of rotatable bonds is 10. The molecule has 0 saturated carbocycles. The number of carbonyl (C=O) groups is 2. The molecule has 2 aromatic rings. The first-order valence-corrected chi connectivity index (χ1v) is 9.69. The third kappa shape index (κ3) is 6.57. The van der Waals surface area contributed by atoms with E-state index in [1.54, 1.807) is 18.2 Å². The molecule has 0 bridgehead atoms. The first-order chi connectivity index (χ1) is 14.0. The van der Waals surface area contributed by atoms with E-state index < -0.39 is 0 Å². The second-order valence-corrected chi connectivity index (χ2v) is 6.66. The number of amides is 2. The van der Waals surface area contributed by atoms with Gasteiger partial charge in [0.05, 0.1) is 18.7 Å². The number of aromatic hydroxyl groups is 1. The predicted octanol–water partition coefficient (Wildman–Crippen LogP) is 3.39. The largest absolute Gasteiger partial charge is 0.508 e. The van der Waals surface area contributed by atoms with Crippen molar-refractivity contribution in [2.45, 2.75) is 19.8 Å². The van der Waals surface area contributed by atoms with Crippen molar-refractivity contribution in [1.82, 2.24) is 10.6 Å². The third-order valence-electron chi connectivity index (χ3n) is 3.98. The van der Waals surface area contributed by atoms with E-state index in [4.69, 9.17) is 21.1 Å². The molecule has 0 heterocycles. The van der Waals surface area contributed by atoms with E-state index in [0.29, 0.717) is 53.8 Å². The zero-order chi connectivity index (χ0) is 21.2. The van der Waals surface area contributed by atoms with E-state index in [-0.39, 0.29) is 17.6 Å². The number of methoxy groups -OCH3 is 1. The lowest BCUT2D eigenvalue weighted by atomic mass is 10.2. The molecule has 0 fully saturated rings. The molecule has 3 N–H and O–H groups in total. The molecule has 0 aliphatic rings. The molecule has 29 heavy (non-hydrogen) atoms. The molecule has 0 saturated heterocycles. The Balaban J connectivity index is 1.83. The lowest BCUT2D eigenvalue weighted by Gasteiger charge is -2.14. The number of benzene rings is 2. The second kappa shape index (κ2) is 11.2. The van der Waals surface area contributed by atoms with Crippen LogP contribution in [0.5, 0.6) is 17.2 Å². The highest BCUT2D eigenvalue weighted by Crippen LogP contribution is 2.36. The van der Waals surface area contributed by atoms with E-state index in [1.165, 1.54) is 25.3 Å². The summed E-state index contributed by atoms with van der Waals surface area (Å²) >= 11 is 6.23. The molecule has 0 radical (unpaired) electrons. The number of phenols is 1. The van der Waals surface area contributed by atoms with Gasteiger partial charge in [-0.1, -0.05) is 24.6 Å². The minimum atomic E-state index is -0.299. The Labute approximate surface area is 175 Å². The molecule has 0 aliphatic carbocycles. The maximum Gasteiger partial charge on any atom is 0.251 e. The fourth-order valence-electron chi connectivity index (χ4n) is 2.54. The molecular weight excluding hydrogens is 396 g/mol. The average Bonchev–Trinajstić information content (AvgIpc) is 2.71. The smallest absolute Gasteiger partial charge is 0.251 e. The number of nitrogens with one attached hydrogen (secondary N) is 2. The molecule has 0 aromatic heterocycles. The maximum atomic E-state index is 12.4. The highest BCUT2D eigenvalue weighted by Gasteiger charge is 2.15. The second-order valence-electron chi connectivity index (χ2n) is 6.25. The summed E-state index contributed by atoms with van der Waals surface area (Å²) in [5, 5.41) is 15.2. The Kier molecular flexibility index (Phi) is 8.61. The van der Waals surface area contributed by atoms with Crippen molar-refractivity contribution in [3.63, 3.8) is 0 Å². The number of carbonyl (C=O) groups excluding carboxylic acids is 2. The van der Waals surface area contributed by atoms with Crippen LogP contribution in [0, 0.1) is 0 Å². The van der Waals surface area contributed by atoms with E-state index >= 15 is 0 Å². The summed E-state index contributed by atoms with van der Waals surface area (Å²) in [6, 6.07) is 9.21. The molecule has 0 spiro atoms. The Hall–Kier alpha value is -2.93. The predicted molar refractivity (Wildman–Crippen MR) is 111 cm³/mol. The Morgan fingerprint density at radius 3 is 2.38 bits per heavy atom. The summed E-state index contributed by atoms with van der Waals surface area (Å²) in [4.78, 5) is 24.3. The monoisotopic (exact) mass is 420 g/mol. The highest BCUT2D eigenvalue weighted by molar-refractivity contribution is 6.32. The van der Waals surface area contributed by atoms with Crippen LogP contribution in [-0.4, -0.2) is 43.7 Å². The average molecular weight is 421 g/mol. The topological polar surface area (TPSA) is 96.9 Å². The molecule has 0 unspecified atom stereocenters. The minimum absolute atomic E-state index is 0.0325. The van der Waals surface area contributed by atoms with Gasteiger partial charge in [-0.2, -0.15) is 0 Å². The molecule has 7 nitrogen and oxygen atoms in total. The van der Waals surface area contributed by atoms with Crippen LogP contribution >= 0.6 is 11.6 Å². The Morgan fingerprint density at radius 1 is 1.07 bits per heavy atom. The number of phenolic OH excluding ortho intramolecular Hbond substituents is 1. The van der Waals surface area contributed by atoms with Crippen molar-refractivity contribution >= 4 is 23.4 Å².